The van der Waals surface area contributed by atoms with Crippen molar-refractivity contribution in [2.24, 2.45) is 0 Å². The number of hydrogen-bond acceptors (Lipinski definition) is 5. The summed E-state index contributed by atoms with van der Waals surface area (Å²) >= 11 is 5.58. The second-order valence-corrected chi connectivity index (χ2v) is 2.97. The number of aromatic nitrogens is 1. The highest BCUT2D eigenvalue weighted by atomic mass is 35.5. The van der Waals surface area contributed by atoms with Crippen LogP contribution in [0.3, 0.4) is 0 Å². The van der Waals surface area contributed by atoms with E-state index in [9.17, 15) is 10.1 Å². The third kappa shape index (κ3) is 3.69. The van der Waals surface area contributed by atoms with Gasteiger partial charge in [0.05, 0.1) is 23.7 Å². The summed E-state index contributed by atoms with van der Waals surface area (Å²) in [5.74, 6) is 0.117. The Labute approximate surface area is 90.9 Å². The first-order valence-electron chi connectivity index (χ1n) is 4.07. The van der Waals surface area contributed by atoms with E-state index in [4.69, 9.17) is 21.1 Å². The van der Waals surface area contributed by atoms with E-state index < -0.39 is 4.92 Å². The fraction of sp³-hybridized carbons (Fsp3) is 0.375. The van der Waals surface area contributed by atoms with Crippen LogP contribution in [0.1, 0.15) is 0 Å². The number of nitro groups is 1. The molecule has 0 spiro atoms. The molecule has 0 fully saturated rings. The van der Waals surface area contributed by atoms with Crippen molar-refractivity contribution in [2.45, 2.75) is 0 Å². The largest absolute Gasteiger partial charge is 0.475 e. The average molecular weight is 233 g/mol. The molecule has 1 aromatic heterocycles. The maximum atomic E-state index is 10.5. The summed E-state index contributed by atoms with van der Waals surface area (Å²) in [6, 6.07) is 2.37. The summed E-state index contributed by atoms with van der Waals surface area (Å²) in [4.78, 5) is 13.7. The van der Waals surface area contributed by atoms with E-state index in [2.05, 4.69) is 4.98 Å². The molecule has 0 bridgehead atoms. The molecule has 0 N–H and O–H groups in total. The lowest BCUT2D eigenvalue weighted by atomic mass is 10.4. The zero-order valence-electron chi connectivity index (χ0n) is 7.97. The molecule has 6 nitrogen and oxygen atoms in total. The van der Waals surface area contributed by atoms with Gasteiger partial charge in [-0.15, -0.1) is 0 Å². The molecule has 0 radical (unpaired) electrons. The molecule has 0 aliphatic carbocycles. The summed E-state index contributed by atoms with van der Waals surface area (Å²) in [5.41, 5.74) is -0.151. The van der Waals surface area contributed by atoms with E-state index in [1.165, 1.54) is 13.2 Å². The average Bonchev–Trinajstić information content (AvgIpc) is 2.17. The quantitative estimate of drug-likeness (QED) is 0.334. The molecule has 0 saturated heterocycles. The summed E-state index contributed by atoms with van der Waals surface area (Å²) in [6.45, 7) is 0.642. The van der Waals surface area contributed by atoms with Crippen molar-refractivity contribution in [1.29, 1.82) is 0 Å². The number of nitrogens with zero attached hydrogens (tertiary/aromatic N) is 2. The lowest BCUT2D eigenvalue weighted by molar-refractivity contribution is -0.385. The van der Waals surface area contributed by atoms with Crippen LogP contribution in [0.25, 0.3) is 0 Å². The van der Waals surface area contributed by atoms with E-state index >= 15 is 0 Å². The van der Waals surface area contributed by atoms with Crippen molar-refractivity contribution in [3.05, 3.63) is 27.4 Å². The Morgan fingerprint density at radius 3 is 2.87 bits per heavy atom. The molecule has 7 heteroatoms. The van der Waals surface area contributed by atoms with Gasteiger partial charge in [0.15, 0.2) is 0 Å². The first kappa shape index (κ1) is 11.7. The Kier molecular flexibility index (Phi) is 4.26. The van der Waals surface area contributed by atoms with E-state index in [0.29, 0.717) is 6.61 Å². The van der Waals surface area contributed by atoms with Crippen LogP contribution in [0.15, 0.2) is 12.1 Å². The Morgan fingerprint density at radius 2 is 2.27 bits per heavy atom. The van der Waals surface area contributed by atoms with E-state index in [1.807, 2.05) is 0 Å². The molecular weight excluding hydrogens is 224 g/mol. The maximum absolute atomic E-state index is 10.5. The SMILES string of the molecule is COCCOc1cc([N+](=O)[O-])cc(Cl)n1. The van der Waals surface area contributed by atoms with Gasteiger partial charge in [-0.2, -0.15) is 0 Å². The van der Waals surface area contributed by atoms with Crippen LogP contribution in [-0.2, 0) is 4.74 Å². The topological polar surface area (TPSA) is 74.5 Å². The van der Waals surface area contributed by atoms with Crippen molar-refractivity contribution >= 4 is 17.3 Å². The number of halogens is 1. The van der Waals surface area contributed by atoms with Gasteiger partial charge in [0.2, 0.25) is 5.88 Å². The van der Waals surface area contributed by atoms with Gasteiger partial charge < -0.3 is 9.47 Å². The highest BCUT2D eigenvalue weighted by molar-refractivity contribution is 6.29. The second kappa shape index (κ2) is 5.47. The predicted octanol–water partition coefficient (Wildman–Crippen LogP) is 1.67. The van der Waals surface area contributed by atoms with E-state index in [-0.39, 0.29) is 23.3 Å². The third-order valence-corrected chi connectivity index (χ3v) is 1.70. The molecule has 15 heavy (non-hydrogen) atoms. The molecule has 1 aromatic rings. The molecule has 0 atom stereocenters. The van der Waals surface area contributed by atoms with Crippen LogP contribution in [0.2, 0.25) is 5.15 Å². The number of pyridine rings is 1. The molecule has 1 heterocycles. The highest BCUT2D eigenvalue weighted by Gasteiger charge is 2.10. The molecule has 0 aromatic carbocycles. The lowest BCUT2D eigenvalue weighted by Gasteiger charge is -2.04. The van der Waals surface area contributed by atoms with Crippen LogP contribution in [0, 0.1) is 10.1 Å². The summed E-state index contributed by atoms with van der Waals surface area (Å²) in [5, 5.41) is 10.5. The van der Waals surface area contributed by atoms with Gasteiger partial charge in [0.1, 0.15) is 11.8 Å². The molecule has 0 aliphatic heterocycles. The summed E-state index contributed by atoms with van der Waals surface area (Å²) < 4.78 is 9.84. The van der Waals surface area contributed by atoms with Crippen molar-refractivity contribution in [1.82, 2.24) is 4.98 Å². The van der Waals surface area contributed by atoms with Crippen LogP contribution in [0.5, 0.6) is 5.88 Å². The number of methoxy groups -OCH3 is 1. The van der Waals surface area contributed by atoms with Gasteiger partial charge >= 0.3 is 0 Å². The summed E-state index contributed by atoms with van der Waals surface area (Å²) in [6.07, 6.45) is 0. The first-order chi connectivity index (χ1) is 7.13. The van der Waals surface area contributed by atoms with E-state index in [1.54, 1.807) is 0 Å². The molecule has 0 unspecified atom stereocenters. The maximum Gasteiger partial charge on any atom is 0.277 e. The van der Waals surface area contributed by atoms with Gasteiger partial charge in [0, 0.05) is 7.11 Å². The second-order valence-electron chi connectivity index (χ2n) is 2.58. The molecular formula is C8H9ClN2O4. The van der Waals surface area contributed by atoms with Gasteiger partial charge in [-0.25, -0.2) is 4.98 Å². The predicted molar refractivity (Wildman–Crippen MR) is 53.3 cm³/mol. The molecule has 82 valence electrons. The fourth-order valence-corrected chi connectivity index (χ4v) is 1.06. The van der Waals surface area contributed by atoms with Crippen LogP contribution in [0.4, 0.5) is 5.69 Å². The van der Waals surface area contributed by atoms with Gasteiger partial charge in [-0.3, -0.25) is 10.1 Å². The number of hydrogen-bond donors (Lipinski definition) is 0. The zero-order chi connectivity index (χ0) is 11.3. The normalized spacial score (nSPS) is 10.0. The van der Waals surface area contributed by atoms with Gasteiger partial charge in [0.25, 0.3) is 5.69 Å². The Bertz CT molecular complexity index is 358. The monoisotopic (exact) mass is 232 g/mol. The number of ether oxygens (including phenoxy) is 2. The Hall–Kier alpha value is -1.40. The molecule has 0 aliphatic rings. The van der Waals surface area contributed by atoms with E-state index in [0.717, 1.165) is 6.07 Å². The molecule has 1 rings (SSSR count). The lowest BCUT2D eigenvalue weighted by Crippen LogP contribution is -2.05. The van der Waals surface area contributed by atoms with Crippen molar-refractivity contribution < 1.29 is 14.4 Å². The molecule has 0 amide bonds. The fourth-order valence-electron chi connectivity index (χ4n) is 0.869. The summed E-state index contributed by atoms with van der Waals surface area (Å²) in [7, 11) is 1.53. The smallest absolute Gasteiger partial charge is 0.277 e. The van der Waals surface area contributed by atoms with Crippen LogP contribution in [-0.4, -0.2) is 30.2 Å². The minimum absolute atomic E-state index is 0.0246. The molecule has 0 saturated carbocycles. The minimum atomic E-state index is -0.559. The van der Waals surface area contributed by atoms with Crippen LogP contribution >= 0.6 is 11.6 Å². The third-order valence-electron chi connectivity index (χ3n) is 1.50. The van der Waals surface area contributed by atoms with Gasteiger partial charge in [-0.1, -0.05) is 11.6 Å². The Morgan fingerprint density at radius 1 is 1.53 bits per heavy atom. The van der Waals surface area contributed by atoms with Crippen molar-refractivity contribution in [2.75, 3.05) is 20.3 Å². The first-order valence-corrected chi connectivity index (χ1v) is 4.45. The Balaban J connectivity index is 2.75. The van der Waals surface area contributed by atoms with Crippen molar-refractivity contribution in [3.8, 4) is 5.88 Å². The highest BCUT2D eigenvalue weighted by Crippen LogP contribution is 2.21. The zero-order valence-corrected chi connectivity index (χ0v) is 8.73. The minimum Gasteiger partial charge on any atom is -0.475 e. The number of rotatable bonds is 5. The van der Waals surface area contributed by atoms with Crippen molar-refractivity contribution in [3.63, 3.8) is 0 Å². The standard InChI is InChI=1S/C8H9ClN2O4/c1-14-2-3-15-8-5-6(11(12)13)4-7(9)10-8/h4-5H,2-3H2,1H3. The van der Waals surface area contributed by atoms with Gasteiger partial charge in [-0.05, 0) is 0 Å². The van der Waals surface area contributed by atoms with Crippen LogP contribution < -0.4 is 4.74 Å².